The monoisotopic (exact) mass is 280 g/mol. The molecule has 1 atom stereocenters. The van der Waals surface area contributed by atoms with Gasteiger partial charge in [0.15, 0.2) is 0 Å². The molecule has 0 bridgehead atoms. The van der Waals surface area contributed by atoms with Gasteiger partial charge in [-0.1, -0.05) is 41.6 Å². The first-order valence-electron chi connectivity index (χ1n) is 6.73. The number of aromatic nitrogens is 3. The van der Waals surface area contributed by atoms with Gasteiger partial charge < -0.3 is 10.3 Å². The van der Waals surface area contributed by atoms with E-state index in [1.54, 1.807) is 6.20 Å². The van der Waals surface area contributed by atoms with Crippen LogP contribution in [0, 0.1) is 13.8 Å². The molecule has 0 radical (unpaired) electrons. The molecule has 2 N–H and O–H groups in total. The number of hydrogen-bond donors (Lipinski definition) is 1. The number of aryl methyl sites for hydroxylation is 2. The summed E-state index contributed by atoms with van der Waals surface area (Å²) in [6.07, 6.45) is 1.79. The lowest BCUT2D eigenvalue weighted by Crippen LogP contribution is -2.12. The van der Waals surface area contributed by atoms with E-state index in [-0.39, 0.29) is 0 Å². The van der Waals surface area contributed by atoms with Gasteiger partial charge >= 0.3 is 0 Å². The molecule has 0 saturated heterocycles. The minimum absolute atomic E-state index is 0.387. The number of nitrogens with two attached hydrogens (primary N) is 1. The molecule has 21 heavy (non-hydrogen) atoms. The molecule has 3 rings (SSSR count). The van der Waals surface area contributed by atoms with E-state index in [0.29, 0.717) is 11.7 Å². The molecular formula is C16H16N4O. The van der Waals surface area contributed by atoms with Gasteiger partial charge in [0, 0.05) is 6.20 Å². The van der Waals surface area contributed by atoms with E-state index in [0.717, 1.165) is 22.4 Å². The maximum absolute atomic E-state index is 6.15. The van der Waals surface area contributed by atoms with Crippen LogP contribution in [0.15, 0.2) is 47.1 Å². The van der Waals surface area contributed by atoms with Crippen molar-refractivity contribution in [1.82, 2.24) is 15.1 Å². The smallest absolute Gasteiger partial charge is 0.248 e. The topological polar surface area (TPSA) is 77.8 Å². The second-order valence-electron chi connectivity index (χ2n) is 5.02. The van der Waals surface area contributed by atoms with E-state index in [4.69, 9.17) is 10.3 Å². The van der Waals surface area contributed by atoms with Crippen molar-refractivity contribution in [3.8, 4) is 11.5 Å². The Morgan fingerprint density at radius 3 is 2.62 bits per heavy atom. The number of hydrogen-bond acceptors (Lipinski definition) is 5. The van der Waals surface area contributed by atoms with Crippen molar-refractivity contribution < 1.29 is 4.52 Å². The average molecular weight is 280 g/mol. The fourth-order valence-corrected chi connectivity index (χ4v) is 2.21. The molecule has 3 aromatic rings. The largest absolute Gasteiger partial charge is 0.337 e. The predicted octanol–water partition coefficient (Wildman–Crippen LogP) is 2.80. The van der Waals surface area contributed by atoms with Gasteiger partial charge in [0.2, 0.25) is 11.7 Å². The lowest BCUT2D eigenvalue weighted by Gasteiger charge is -2.05. The Morgan fingerprint density at radius 2 is 1.90 bits per heavy atom. The number of nitrogens with zero attached hydrogens (tertiary/aromatic N) is 3. The molecule has 5 heteroatoms. The van der Waals surface area contributed by atoms with Gasteiger partial charge in [-0.05, 0) is 30.5 Å². The highest BCUT2D eigenvalue weighted by atomic mass is 16.5. The molecule has 0 spiro atoms. The average Bonchev–Trinajstić information content (AvgIpc) is 2.97. The molecule has 1 aromatic carbocycles. The third-order valence-electron chi connectivity index (χ3n) is 3.29. The van der Waals surface area contributed by atoms with E-state index in [9.17, 15) is 0 Å². The number of pyridine rings is 1. The molecule has 0 unspecified atom stereocenters. The molecule has 2 heterocycles. The minimum atomic E-state index is -0.432. The Labute approximate surface area is 122 Å². The van der Waals surface area contributed by atoms with Gasteiger partial charge in [0.1, 0.15) is 11.7 Å². The molecule has 5 nitrogen and oxygen atoms in total. The number of rotatable bonds is 3. The first-order chi connectivity index (χ1) is 10.1. The Bertz CT molecular complexity index is 752. The standard InChI is InChI=1S/C16H16N4O/c1-10-8-11(2)14(18-9-10)15-19-16(21-20-15)13(17)12-6-4-3-5-7-12/h3-9,13H,17H2,1-2H3/t13-/m1/s1. The lowest BCUT2D eigenvalue weighted by molar-refractivity contribution is 0.367. The molecule has 0 aliphatic rings. The third kappa shape index (κ3) is 2.68. The van der Waals surface area contributed by atoms with Gasteiger partial charge in [-0.2, -0.15) is 4.98 Å². The lowest BCUT2D eigenvalue weighted by atomic mass is 10.1. The fraction of sp³-hybridized carbons (Fsp3) is 0.188. The van der Waals surface area contributed by atoms with E-state index in [1.807, 2.05) is 50.2 Å². The van der Waals surface area contributed by atoms with Crippen LogP contribution in [-0.2, 0) is 0 Å². The Kier molecular flexibility index (Phi) is 3.50. The van der Waals surface area contributed by atoms with Crippen LogP contribution in [0.2, 0.25) is 0 Å². The van der Waals surface area contributed by atoms with Crippen molar-refractivity contribution >= 4 is 0 Å². The molecular weight excluding hydrogens is 264 g/mol. The van der Waals surface area contributed by atoms with E-state index >= 15 is 0 Å². The van der Waals surface area contributed by atoms with Crippen molar-refractivity contribution in [3.63, 3.8) is 0 Å². The molecule has 0 amide bonds. The Morgan fingerprint density at radius 1 is 1.14 bits per heavy atom. The molecule has 0 aliphatic heterocycles. The zero-order chi connectivity index (χ0) is 14.8. The van der Waals surface area contributed by atoms with Crippen molar-refractivity contribution in [2.45, 2.75) is 19.9 Å². The summed E-state index contributed by atoms with van der Waals surface area (Å²) < 4.78 is 5.29. The molecule has 0 saturated carbocycles. The normalized spacial score (nSPS) is 12.3. The van der Waals surface area contributed by atoms with Crippen LogP contribution in [0.5, 0.6) is 0 Å². The van der Waals surface area contributed by atoms with Crippen molar-refractivity contribution in [2.75, 3.05) is 0 Å². The maximum atomic E-state index is 6.15. The summed E-state index contributed by atoms with van der Waals surface area (Å²) in [5.41, 5.74) is 9.91. The zero-order valence-corrected chi connectivity index (χ0v) is 11.9. The van der Waals surface area contributed by atoms with Crippen LogP contribution < -0.4 is 5.73 Å². The molecule has 0 fully saturated rings. The summed E-state index contributed by atoms with van der Waals surface area (Å²) in [4.78, 5) is 8.75. The van der Waals surface area contributed by atoms with Gasteiger partial charge in [0.05, 0.1) is 0 Å². The van der Waals surface area contributed by atoms with Gasteiger partial charge in [-0.15, -0.1) is 0 Å². The van der Waals surface area contributed by atoms with Crippen LogP contribution in [0.4, 0.5) is 0 Å². The van der Waals surface area contributed by atoms with Crippen molar-refractivity contribution in [1.29, 1.82) is 0 Å². The first-order valence-corrected chi connectivity index (χ1v) is 6.73. The third-order valence-corrected chi connectivity index (χ3v) is 3.29. The van der Waals surface area contributed by atoms with Crippen LogP contribution in [0.25, 0.3) is 11.5 Å². The summed E-state index contributed by atoms with van der Waals surface area (Å²) in [6.45, 7) is 3.97. The van der Waals surface area contributed by atoms with E-state index in [1.165, 1.54) is 0 Å². The highest BCUT2D eigenvalue weighted by Crippen LogP contribution is 2.22. The Balaban J connectivity index is 1.93. The van der Waals surface area contributed by atoms with E-state index in [2.05, 4.69) is 15.1 Å². The summed E-state index contributed by atoms with van der Waals surface area (Å²) in [5, 5.41) is 3.99. The second-order valence-corrected chi connectivity index (χ2v) is 5.02. The fourth-order valence-electron chi connectivity index (χ4n) is 2.21. The highest BCUT2D eigenvalue weighted by molar-refractivity contribution is 5.54. The number of benzene rings is 1. The molecule has 2 aromatic heterocycles. The van der Waals surface area contributed by atoms with E-state index < -0.39 is 6.04 Å². The molecule has 106 valence electrons. The second kappa shape index (κ2) is 5.46. The van der Waals surface area contributed by atoms with Crippen LogP contribution in [-0.4, -0.2) is 15.1 Å². The van der Waals surface area contributed by atoms with Crippen LogP contribution >= 0.6 is 0 Å². The van der Waals surface area contributed by atoms with Crippen molar-refractivity contribution in [3.05, 3.63) is 65.2 Å². The predicted molar refractivity (Wildman–Crippen MR) is 79.5 cm³/mol. The summed E-state index contributed by atoms with van der Waals surface area (Å²) in [6, 6.07) is 11.3. The Hall–Kier alpha value is -2.53. The summed E-state index contributed by atoms with van der Waals surface area (Å²) in [7, 11) is 0. The summed E-state index contributed by atoms with van der Waals surface area (Å²) in [5.74, 6) is 0.854. The first kappa shape index (κ1) is 13.5. The zero-order valence-electron chi connectivity index (χ0n) is 11.9. The van der Waals surface area contributed by atoms with Gasteiger partial charge in [-0.3, -0.25) is 4.98 Å². The van der Waals surface area contributed by atoms with Gasteiger partial charge in [-0.25, -0.2) is 0 Å². The van der Waals surface area contributed by atoms with Crippen LogP contribution in [0.1, 0.15) is 28.6 Å². The van der Waals surface area contributed by atoms with Gasteiger partial charge in [0.25, 0.3) is 0 Å². The molecule has 0 aliphatic carbocycles. The highest BCUT2D eigenvalue weighted by Gasteiger charge is 2.18. The van der Waals surface area contributed by atoms with Crippen LogP contribution in [0.3, 0.4) is 0 Å². The minimum Gasteiger partial charge on any atom is -0.337 e. The SMILES string of the molecule is Cc1cnc(-c2noc([C@H](N)c3ccccc3)n2)c(C)c1. The maximum Gasteiger partial charge on any atom is 0.248 e. The quantitative estimate of drug-likeness (QED) is 0.798. The summed E-state index contributed by atoms with van der Waals surface area (Å²) >= 11 is 0. The van der Waals surface area contributed by atoms with Crippen molar-refractivity contribution in [2.24, 2.45) is 5.73 Å².